The molecule has 6 heteroatoms. The van der Waals surface area contributed by atoms with E-state index in [4.69, 9.17) is 9.47 Å². The molecule has 2 fully saturated rings. The van der Waals surface area contributed by atoms with Gasteiger partial charge in [-0.3, -0.25) is 4.79 Å². The number of morpholine rings is 1. The lowest BCUT2D eigenvalue weighted by atomic mass is 9.96. The summed E-state index contributed by atoms with van der Waals surface area (Å²) in [5.41, 5.74) is 0.962. The molecule has 3 rings (SSSR count). The minimum Gasteiger partial charge on any atom is -0.445 e. The first-order valence-electron chi connectivity index (χ1n) is 8.56. The van der Waals surface area contributed by atoms with Crippen molar-refractivity contribution in [3.8, 4) is 0 Å². The number of rotatable bonds is 3. The zero-order valence-corrected chi connectivity index (χ0v) is 13.9. The molecule has 2 amide bonds. The average molecular weight is 332 g/mol. The van der Waals surface area contributed by atoms with E-state index in [2.05, 4.69) is 0 Å². The number of hydrogen-bond donors (Lipinski definition) is 0. The van der Waals surface area contributed by atoms with Crippen LogP contribution in [-0.2, 0) is 20.9 Å². The van der Waals surface area contributed by atoms with E-state index in [0.29, 0.717) is 39.4 Å². The first kappa shape index (κ1) is 16.8. The molecule has 2 aliphatic rings. The smallest absolute Gasteiger partial charge is 0.410 e. The molecule has 0 aromatic heterocycles. The van der Waals surface area contributed by atoms with Crippen LogP contribution in [-0.4, -0.2) is 61.2 Å². The van der Waals surface area contributed by atoms with Gasteiger partial charge in [-0.1, -0.05) is 30.3 Å². The highest BCUT2D eigenvalue weighted by molar-refractivity contribution is 5.80. The van der Waals surface area contributed by atoms with E-state index in [0.717, 1.165) is 18.4 Å². The van der Waals surface area contributed by atoms with Crippen LogP contribution in [0.1, 0.15) is 18.4 Å². The van der Waals surface area contributed by atoms with Crippen molar-refractivity contribution in [3.05, 3.63) is 35.9 Å². The van der Waals surface area contributed by atoms with Crippen molar-refractivity contribution in [2.75, 3.05) is 39.4 Å². The second-order valence-electron chi connectivity index (χ2n) is 6.26. The summed E-state index contributed by atoms with van der Waals surface area (Å²) in [6.07, 6.45) is 1.33. The quantitative estimate of drug-likeness (QED) is 0.848. The van der Waals surface area contributed by atoms with Crippen LogP contribution in [0.3, 0.4) is 0 Å². The SMILES string of the molecule is O=C(OCc1ccccc1)N1CCCC(C(=O)N2CCOCC2)C1. The number of ether oxygens (including phenoxy) is 2. The molecule has 1 atom stereocenters. The molecule has 6 nitrogen and oxygen atoms in total. The fourth-order valence-corrected chi connectivity index (χ4v) is 3.20. The molecule has 1 unspecified atom stereocenters. The van der Waals surface area contributed by atoms with E-state index in [-0.39, 0.29) is 24.5 Å². The Morgan fingerprint density at radius 1 is 1.08 bits per heavy atom. The van der Waals surface area contributed by atoms with Gasteiger partial charge in [0.1, 0.15) is 6.61 Å². The van der Waals surface area contributed by atoms with Gasteiger partial charge in [0.05, 0.1) is 19.1 Å². The monoisotopic (exact) mass is 332 g/mol. The average Bonchev–Trinajstić information content (AvgIpc) is 2.67. The van der Waals surface area contributed by atoms with E-state index in [1.165, 1.54) is 0 Å². The summed E-state index contributed by atoms with van der Waals surface area (Å²) in [5, 5.41) is 0. The summed E-state index contributed by atoms with van der Waals surface area (Å²) in [4.78, 5) is 28.4. The van der Waals surface area contributed by atoms with Crippen LogP contribution in [0.5, 0.6) is 0 Å². The van der Waals surface area contributed by atoms with Crippen LogP contribution in [0.4, 0.5) is 4.79 Å². The van der Waals surface area contributed by atoms with E-state index < -0.39 is 0 Å². The molecular formula is C18H24N2O4. The summed E-state index contributed by atoms with van der Waals surface area (Å²) >= 11 is 0. The maximum Gasteiger partial charge on any atom is 0.410 e. The molecule has 2 saturated heterocycles. The van der Waals surface area contributed by atoms with Crippen molar-refractivity contribution in [1.29, 1.82) is 0 Å². The number of likely N-dealkylation sites (tertiary alicyclic amines) is 1. The Kier molecular flexibility index (Phi) is 5.69. The molecular weight excluding hydrogens is 308 g/mol. The fourth-order valence-electron chi connectivity index (χ4n) is 3.20. The van der Waals surface area contributed by atoms with Gasteiger partial charge in [0, 0.05) is 26.2 Å². The molecule has 0 bridgehead atoms. The third-order valence-corrected chi connectivity index (χ3v) is 4.56. The van der Waals surface area contributed by atoms with Crippen molar-refractivity contribution >= 4 is 12.0 Å². The second-order valence-corrected chi connectivity index (χ2v) is 6.26. The van der Waals surface area contributed by atoms with Gasteiger partial charge in [-0.05, 0) is 18.4 Å². The standard InChI is InChI=1S/C18H24N2O4/c21-17(19-9-11-23-12-10-19)16-7-4-8-20(13-16)18(22)24-14-15-5-2-1-3-6-15/h1-3,5-6,16H,4,7-14H2. The molecule has 24 heavy (non-hydrogen) atoms. The van der Waals surface area contributed by atoms with Crippen molar-refractivity contribution in [3.63, 3.8) is 0 Å². The zero-order chi connectivity index (χ0) is 16.8. The third-order valence-electron chi connectivity index (χ3n) is 4.56. The topological polar surface area (TPSA) is 59.1 Å². The highest BCUT2D eigenvalue weighted by Gasteiger charge is 2.32. The van der Waals surface area contributed by atoms with E-state index in [9.17, 15) is 9.59 Å². The lowest BCUT2D eigenvalue weighted by Gasteiger charge is -2.35. The van der Waals surface area contributed by atoms with Gasteiger partial charge in [-0.2, -0.15) is 0 Å². The van der Waals surface area contributed by atoms with Crippen LogP contribution in [0.15, 0.2) is 30.3 Å². The first-order chi connectivity index (χ1) is 11.7. The number of benzene rings is 1. The largest absolute Gasteiger partial charge is 0.445 e. The molecule has 130 valence electrons. The summed E-state index contributed by atoms with van der Waals surface area (Å²) in [7, 11) is 0. The van der Waals surface area contributed by atoms with Gasteiger partial charge in [-0.25, -0.2) is 4.79 Å². The summed E-state index contributed by atoms with van der Waals surface area (Å²) in [6.45, 7) is 3.85. The number of nitrogens with zero attached hydrogens (tertiary/aromatic N) is 2. The predicted molar refractivity (Wildman–Crippen MR) is 88.3 cm³/mol. The van der Waals surface area contributed by atoms with Crippen molar-refractivity contribution in [2.24, 2.45) is 5.92 Å². The number of piperidine rings is 1. The van der Waals surface area contributed by atoms with Crippen LogP contribution in [0.25, 0.3) is 0 Å². The van der Waals surface area contributed by atoms with Gasteiger partial charge in [0.25, 0.3) is 0 Å². The lowest BCUT2D eigenvalue weighted by Crippen LogP contribution is -2.49. The Labute approximate surface area is 142 Å². The molecule has 2 heterocycles. The normalized spacial score (nSPS) is 21.4. The maximum atomic E-state index is 12.6. The summed E-state index contributed by atoms with van der Waals surface area (Å²) in [6, 6.07) is 9.61. The summed E-state index contributed by atoms with van der Waals surface area (Å²) in [5.74, 6) is 0.0139. The Balaban J connectivity index is 1.50. The predicted octanol–water partition coefficient (Wildman–Crippen LogP) is 1.89. The van der Waals surface area contributed by atoms with Crippen molar-refractivity contribution in [1.82, 2.24) is 9.80 Å². The first-order valence-corrected chi connectivity index (χ1v) is 8.56. The highest BCUT2D eigenvalue weighted by Crippen LogP contribution is 2.20. The Morgan fingerprint density at radius 2 is 1.83 bits per heavy atom. The maximum absolute atomic E-state index is 12.6. The third kappa shape index (κ3) is 4.26. The van der Waals surface area contributed by atoms with Crippen LogP contribution in [0.2, 0.25) is 0 Å². The fraction of sp³-hybridized carbons (Fsp3) is 0.556. The second kappa shape index (κ2) is 8.15. The van der Waals surface area contributed by atoms with Gasteiger partial charge in [-0.15, -0.1) is 0 Å². The van der Waals surface area contributed by atoms with Crippen molar-refractivity contribution < 1.29 is 19.1 Å². The van der Waals surface area contributed by atoms with Crippen LogP contribution in [0, 0.1) is 5.92 Å². The molecule has 0 saturated carbocycles. The molecule has 2 aliphatic heterocycles. The van der Waals surface area contributed by atoms with Crippen LogP contribution >= 0.6 is 0 Å². The van der Waals surface area contributed by atoms with Gasteiger partial charge < -0.3 is 19.3 Å². The molecule has 0 aliphatic carbocycles. The Hall–Kier alpha value is -2.08. The van der Waals surface area contributed by atoms with E-state index in [1.54, 1.807) is 4.90 Å². The lowest BCUT2D eigenvalue weighted by molar-refractivity contribution is -0.141. The van der Waals surface area contributed by atoms with E-state index in [1.807, 2.05) is 35.2 Å². The molecule has 1 aromatic carbocycles. The number of hydrogen-bond acceptors (Lipinski definition) is 4. The molecule has 1 aromatic rings. The van der Waals surface area contributed by atoms with Gasteiger partial charge in [0.2, 0.25) is 5.91 Å². The highest BCUT2D eigenvalue weighted by atomic mass is 16.6. The number of carbonyl (C=O) groups is 2. The summed E-state index contributed by atoms with van der Waals surface area (Å²) < 4.78 is 10.7. The van der Waals surface area contributed by atoms with Crippen LogP contribution < -0.4 is 0 Å². The Bertz CT molecular complexity index is 557. The molecule has 0 spiro atoms. The van der Waals surface area contributed by atoms with Gasteiger partial charge >= 0.3 is 6.09 Å². The molecule has 0 N–H and O–H groups in total. The minimum atomic E-state index is -0.335. The minimum absolute atomic E-state index is 0.124. The number of carbonyl (C=O) groups excluding carboxylic acids is 2. The van der Waals surface area contributed by atoms with Crippen molar-refractivity contribution in [2.45, 2.75) is 19.4 Å². The number of amides is 2. The molecule has 0 radical (unpaired) electrons. The van der Waals surface area contributed by atoms with E-state index >= 15 is 0 Å². The Morgan fingerprint density at radius 3 is 2.58 bits per heavy atom. The van der Waals surface area contributed by atoms with Gasteiger partial charge in [0.15, 0.2) is 0 Å². The zero-order valence-electron chi connectivity index (χ0n) is 13.9.